The smallest absolute Gasteiger partial charge is 0.462 e. The Balaban J connectivity index is 3.33. The molecule has 0 amide bonds. The fraction of sp³-hybridized carbons (Fsp3) is 0.400. The molecule has 1 rings (SSSR count). The molecule has 0 saturated carbocycles. The number of pyridine rings is 1. The second-order valence-electron chi connectivity index (χ2n) is 3.24. The summed E-state index contributed by atoms with van der Waals surface area (Å²) in [6.07, 6.45) is -4.14. The molecule has 0 spiro atoms. The predicted molar refractivity (Wildman–Crippen MR) is 59.3 cm³/mol. The maximum atomic E-state index is 12.2. The summed E-state index contributed by atoms with van der Waals surface area (Å²) in [5.74, 6) is -2.47. The van der Waals surface area contributed by atoms with Crippen molar-refractivity contribution >= 4 is 17.6 Å². The van der Waals surface area contributed by atoms with Gasteiger partial charge in [-0.1, -0.05) is 0 Å². The van der Waals surface area contributed by atoms with Crippen molar-refractivity contribution in [1.82, 2.24) is 4.98 Å². The van der Waals surface area contributed by atoms with Crippen LogP contribution in [0.3, 0.4) is 0 Å². The van der Waals surface area contributed by atoms with Crippen LogP contribution in [0.25, 0.3) is 0 Å². The Hall–Kier alpha value is -1.70. The number of carbonyl (C=O) groups is 1. The van der Waals surface area contributed by atoms with Gasteiger partial charge in [-0.2, -0.15) is 0 Å². The number of rotatable bonds is 4. The molecule has 0 atom stereocenters. The van der Waals surface area contributed by atoms with Gasteiger partial charge in [0.05, 0.1) is 18.1 Å². The van der Waals surface area contributed by atoms with Crippen molar-refractivity contribution in [3.05, 3.63) is 27.7 Å². The fourth-order valence-corrected chi connectivity index (χ4v) is 1.56. The van der Waals surface area contributed by atoms with E-state index in [4.69, 9.17) is 11.6 Å². The summed E-state index contributed by atoms with van der Waals surface area (Å²) in [6, 6.07) is 0. The van der Waals surface area contributed by atoms with Crippen LogP contribution in [0.2, 0.25) is 0 Å². The molecule has 0 aliphatic carbocycles. The number of aromatic nitrogens is 1. The highest BCUT2D eigenvalue weighted by molar-refractivity contribution is 6.18. The van der Waals surface area contributed by atoms with Gasteiger partial charge in [-0.05, 0) is 6.92 Å². The van der Waals surface area contributed by atoms with Crippen molar-refractivity contribution in [2.45, 2.75) is 19.2 Å². The lowest BCUT2D eigenvalue weighted by Crippen LogP contribution is -2.25. The maximum absolute atomic E-state index is 12.2. The van der Waals surface area contributed by atoms with Gasteiger partial charge in [-0.25, -0.2) is 4.79 Å². The fourth-order valence-electron chi connectivity index (χ4n) is 1.30. The van der Waals surface area contributed by atoms with E-state index in [0.29, 0.717) is 0 Å². The highest BCUT2D eigenvalue weighted by Gasteiger charge is 2.34. The number of nitrogens with one attached hydrogen (secondary N) is 1. The number of hydrogen-bond donors (Lipinski definition) is 1. The van der Waals surface area contributed by atoms with E-state index in [1.165, 1.54) is 6.92 Å². The number of ether oxygens (including phenoxy) is 2. The third kappa shape index (κ3) is 3.88. The van der Waals surface area contributed by atoms with Gasteiger partial charge in [0.1, 0.15) is 0 Å². The average molecular weight is 300 g/mol. The van der Waals surface area contributed by atoms with Crippen LogP contribution in [0.4, 0.5) is 13.2 Å². The molecule has 0 radical (unpaired) electrons. The summed E-state index contributed by atoms with van der Waals surface area (Å²) < 4.78 is 44.8. The Bertz CT molecular complexity index is 526. The molecule has 19 heavy (non-hydrogen) atoms. The lowest BCUT2D eigenvalue weighted by molar-refractivity contribution is -0.275. The summed E-state index contributed by atoms with van der Waals surface area (Å²) in [6.45, 7) is 1.55. The highest BCUT2D eigenvalue weighted by Crippen LogP contribution is 2.26. The molecule has 106 valence electrons. The zero-order valence-electron chi connectivity index (χ0n) is 9.64. The number of alkyl halides is 4. The van der Waals surface area contributed by atoms with E-state index in [-0.39, 0.29) is 17.7 Å². The maximum Gasteiger partial charge on any atom is 0.573 e. The largest absolute Gasteiger partial charge is 0.573 e. The molecule has 9 heteroatoms. The van der Waals surface area contributed by atoms with E-state index in [0.717, 1.165) is 6.20 Å². The van der Waals surface area contributed by atoms with Crippen LogP contribution in [-0.4, -0.2) is 23.9 Å². The SMILES string of the molecule is CCOC(=O)c1c[nH]c(=O)c(OC(F)(F)F)c1CCl. The molecular weight excluding hydrogens is 291 g/mol. The number of halogens is 4. The summed E-state index contributed by atoms with van der Waals surface area (Å²) >= 11 is 5.47. The van der Waals surface area contributed by atoms with E-state index < -0.39 is 29.5 Å². The second-order valence-corrected chi connectivity index (χ2v) is 3.51. The Morgan fingerprint density at radius 2 is 2.11 bits per heavy atom. The molecule has 0 unspecified atom stereocenters. The van der Waals surface area contributed by atoms with E-state index in [9.17, 15) is 22.8 Å². The monoisotopic (exact) mass is 299 g/mol. The minimum atomic E-state index is -5.07. The van der Waals surface area contributed by atoms with Crippen LogP contribution in [0, 0.1) is 0 Å². The van der Waals surface area contributed by atoms with E-state index in [1.807, 2.05) is 4.98 Å². The van der Waals surface area contributed by atoms with Gasteiger partial charge in [0.2, 0.25) is 0 Å². The topological polar surface area (TPSA) is 68.4 Å². The number of H-pyrrole nitrogens is 1. The normalized spacial score (nSPS) is 11.2. The number of carbonyl (C=O) groups excluding carboxylic acids is 1. The summed E-state index contributed by atoms with van der Waals surface area (Å²) in [4.78, 5) is 24.8. The van der Waals surface area contributed by atoms with Gasteiger partial charge in [-0.15, -0.1) is 24.8 Å². The molecule has 0 saturated heterocycles. The van der Waals surface area contributed by atoms with E-state index >= 15 is 0 Å². The van der Waals surface area contributed by atoms with E-state index in [1.54, 1.807) is 0 Å². The molecule has 0 aliphatic rings. The second kappa shape index (κ2) is 5.96. The van der Waals surface area contributed by atoms with Gasteiger partial charge in [0.25, 0.3) is 5.56 Å². The van der Waals surface area contributed by atoms with Gasteiger partial charge >= 0.3 is 12.3 Å². The molecule has 1 aromatic rings. The van der Waals surface area contributed by atoms with Gasteiger partial charge < -0.3 is 14.5 Å². The molecule has 0 aliphatic heterocycles. The highest BCUT2D eigenvalue weighted by atomic mass is 35.5. The molecular formula is C10H9ClF3NO4. The van der Waals surface area contributed by atoms with Crippen LogP contribution in [-0.2, 0) is 10.6 Å². The minimum Gasteiger partial charge on any atom is -0.462 e. The molecule has 1 heterocycles. The zero-order chi connectivity index (χ0) is 14.6. The Kier molecular flexibility index (Phi) is 4.82. The quantitative estimate of drug-likeness (QED) is 0.683. The Morgan fingerprint density at radius 3 is 2.58 bits per heavy atom. The third-order valence-electron chi connectivity index (χ3n) is 2.00. The van der Waals surface area contributed by atoms with E-state index in [2.05, 4.69) is 9.47 Å². The first kappa shape index (κ1) is 15.4. The van der Waals surface area contributed by atoms with Crippen molar-refractivity contribution in [1.29, 1.82) is 0 Å². The first-order valence-electron chi connectivity index (χ1n) is 5.03. The van der Waals surface area contributed by atoms with Crippen molar-refractivity contribution in [2.24, 2.45) is 0 Å². The zero-order valence-corrected chi connectivity index (χ0v) is 10.4. The Labute approximate surface area is 110 Å². The van der Waals surface area contributed by atoms with Crippen LogP contribution >= 0.6 is 11.6 Å². The van der Waals surface area contributed by atoms with Crippen molar-refractivity contribution < 1.29 is 27.4 Å². The molecule has 1 aromatic heterocycles. The Morgan fingerprint density at radius 1 is 1.47 bits per heavy atom. The number of esters is 1. The molecule has 0 aromatic carbocycles. The van der Waals surface area contributed by atoms with Crippen LogP contribution in [0.15, 0.2) is 11.0 Å². The molecule has 1 N–H and O–H groups in total. The molecule has 0 fully saturated rings. The first-order chi connectivity index (χ1) is 8.80. The lowest BCUT2D eigenvalue weighted by Gasteiger charge is -2.13. The number of hydrogen-bond acceptors (Lipinski definition) is 4. The van der Waals surface area contributed by atoms with Crippen molar-refractivity contribution in [2.75, 3.05) is 6.61 Å². The van der Waals surface area contributed by atoms with Crippen LogP contribution in [0.1, 0.15) is 22.8 Å². The van der Waals surface area contributed by atoms with Gasteiger partial charge in [0, 0.05) is 11.8 Å². The molecule has 0 bridgehead atoms. The first-order valence-corrected chi connectivity index (χ1v) is 5.57. The predicted octanol–water partition coefficient (Wildman–Crippen LogP) is 2.19. The summed E-state index contributed by atoms with van der Waals surface area (Å²) in [5, 5.41) is 0. The standard InChI is InChI=1S/C10H9ClF3NO4/c1-2-18-9(17)6-4-15-8(16)7(5(6)3-11)19-10(12,13)14/h4H,2-3H2,1H3,(H,15,16). The average Bonchev–Trinajstić information content (AvgIpc) is 2.30. The summed E-state index contributed by atoms with van der Waals surface area (Å²) in [7, 11) is 0. The van der Waals surface area contributed by atoms with Gasteiger partial charge in [0.15, 0.2) is 5.75 Å². The summed E-state index contributed by atoms with van der Waals surface area (Å²) in [5.41, 5.74) is -1.79. The number of aromatic amines is 1. The molecule has 5 nitrogen and oxygen atoms in total. The van der Waals surface area contributed by atoms with Crippen molar-refractivity contribution in [3.8, 4) is 5.75 Å². The lowest BCUT2D eigenvalue weighted by atomic mass is 10.1. The van der Waals surface area contributed by atoms with Crippen molar-refractivity contribution in [3.63, 3.8) is 0 Å². The van der Waals surface area contributed by atoms with Crippen LogP contribution < -0.4 is 10.3 Å². The third-order valence-corrected chi connectivity index (χ3v) is 2.27. The van der Waals surface area contributed by atoms with Crippen LogP contribution in [0.5, 0.6) is 5.75 Å². The minimum absolute atomic E-state index is 0.0230. The van der Waals surface area contributed by atoms with Gasteiger partial charge in [-0.3, -0.25) is 4.79 Å².